The second-order valence-electron chi connectivity index (χ2n) is 2.99. The molecule has 0 aromatic carbocycles. The topological polar surface area (TPSA) is 20.2 Å². The molecule has 0 amide bonds. The Balaban J connectivity index is 3.50. The maximum absolute atomic E-state index is 9.20. The Kier molecular flexibility index (Phi) is 3.55. The van der Waals surface area contributed by atoms with Gasteiger partial charge in [-0.15, -0.1) is 0 Å². The molecule has 0 bridgehead atoms. The van der Waals surface area contributed by atoms with Crippen molar-refractivity contribution in [3.8, 4) is 0 Å². The Hall–Kier alpha value is -0.300. The molecule has 0 radical (unpaired) electrons. The minimum Gasteiger partial charge on any atom is -0.389 e. The van der Waals surface area contributed by atoms with E-state index >= 15 is 0 Å². The fourth-order valence-corrected chi connectivity index (χ4v) is 0.648. The molecule has 9 heavy (non-hydrogen) atoms. The summed E-state index contributed by atoms with van der Waals surface area (Å²) >= 11 is 0. The van der Waals surface area contributed by atoms with Crippen molar-refractivity contribution in [1.29, 1.82) is 0 Å². The lowest BCUT2D eigenvalue weighted by Gasteiger charge is -2.11. The summed E-state index contributed by atoms with van der Waals surface area (Å²) in [6.07, 6.45) is 0.528. The van der Waals surface area contributed by atoms with E-state index < -0.39 is 0 Å². The van der Waals surface area contributed by atoms with Gasteiger partial charge in [0.2, 0.25) is 0 Å². The fraction of sp³-hybridized carbons (Fsp3) is 0.750. The van der Waals surface area contributed by atoms with Crippen molar-refractivity contribution in [2.24, 2.45) is 5.92 Å². The molecule has 0 unspecified atom stereocenters. The predicted octanol–water partition coefficient (Wildman–Crippen LogP) is 1.97. The molecular formula is C8H16O. The molecule has 0 aromatic heterocycles. The Labute approximate surface area is 57.4 Å². The third-order valence-corrected chi connectivity index (χ3v) is 1.26. The first-order valence-corrected chi connectivity index (χ1v) is 3.37. The summed E-state index contributed by atoms with van der Waals surface area (Å²) in [5, 5.41) is 9.20. The second-order valence-corrected chi connectivity index (χ2v) is 2.99. The van der Waals surface area contributed by atoms with Gasteiger partial charge in [-0.05, 0) is 19.3 Å². The minimum atomic E-state index is -0.301. The predicted molar refractivity (Wildman–Crippen MR) is 40.3 cm³/mol. The lowest BCUT2D eigenvalue weighted by molar-refractivity contribution is 0.183. The fourth-order valence-electron chi connectivity index (χ4n) is 0.648. The molecule has 0 saturated carbocycles. The van der Waals surface area contributed by atoms with E-state index in [-0.39, 0.29) is 6.10 Å². The zero-order valence-electron chi connectivity index (χ0n) is 6.52. The molecule has 0 heterocycles. The lowest BCUT2D eigenvalue weighted by atomic mass is 10.0. The molecule has 1 N–H and O–H groups in total. The molecule has 0 spiro atoms. The van der Waals surface area contributed by atoms with Gasteiger partial charge in [0.1, 0.15) is 0 Å². The number of aliphatic hydroxyl groups is 1. The van der Waals surface area contributed by atoms with E-state index in [9.17, 15) is 5.11 Å². The van der Waals surface area contributed by atoms with Crippen molar-refractivity contribution in [2.75, 3.05) is 0 Å². The van der Waals surface area contributed by atoms with Gasteiger partial charge in [0.05, 0.1) is 6.10 Å². The number of hydrogen-bond acceptors (Lipinski definition) is 1. The van der Waals surface area contributed by atoms with Gasteiger partial charge in [0.15, 0.2) is 0 Å². The van der Waals surface area contributed by atoms with Crippen LogP contribution in [0.15, 0.2) is 12.2 Å². The number of rotatable bonds is 3. The zero-order valence-corrected chi connectivity index (χ0v) is 6.52. The average molecular weight is 128 g/mol. The minimum absolute atomic E-state index is 0.301. The third kappa shape index (κ3) is 4.22. The van der Waals surface area contributed by atoms with Crippen molar-refractivity contribution in [2.45, 2.75) is 33.3 Å². The average Bonchev–Trinajstić information content (AvgIpc) is 1.63. The first kappa shape index (κ1) is 8.70. The Morgan fingerprint density at radius 3 is 2.11 bits per heavy atom. The summed E-state index contributed by atoms with van der Waals surface area (Å²) in [7, 11) is 0. The van der Waals surface area contributed by atoms with Crippen LogP contribution in [0.25, 0.3) is 0 Å². The highest BCUT2D eigenvalue weighted by Crippen LogP contribution is 2.09. The summed E-state index contributed by atoms with van der Waals surface area (Å²) in [5.41, 5.74) is 0.865. The van der Waals surface area contributed by atoms with Crippen LogP contribution in [-0.2, 0) is 0 Å². The van der Waals surface area contributed by atoms with Crippen LogP contribution in [0.3, 0.4) is 0 Å². The quantitative estimate of drug-likeness (QED) is 0.576. The standard InChI is InChI=1S/C8H16O/c1-6(2)5-8(9)7(3)4/h6,8-9H,3,5H2,1-2,4H3/t8-/m1/s1. The van der Waals surface area contributed by atoms with E-state index in [0.717, 1.165) is 12.0 Å². The zero-order chi connectivity index (χ0) is 7.44. The molecule has 0 rings (SSSR count). The summed E-state index contributed by atoms with van der Waals surface area (Å²) in [6.45, 7) is 9.69. The van der Waals surface area contributed by atoms with Crippen molar-refractivity contribution >= 4 is 0 Å². The van der Waals surface area contributed by atoms with Crippen LogP contribution < -0.4 is 0 Å². The second kappa shape index (κ2) is 3.67. The van der Waals surface area contributed by atoms with Crippen molar-refractivity contribution in [3.63, 3.8) is 0 Å². The lowest BCUT2D eigenvalue weighted by Crippen LogP contribution is -2.10. The Morgan fingerprint density at radius 2 is 2.00 bits per heavy atom. The van der Waals surface area contributed by atoms with Gasteiger partial charge in [-0.1, -0.05) is 26.0 Å². The highest BCUT2D eigenvalue weighted by molar-refractivity contribution is 4.96. The van der Waals surface area contributed by atoms with Crippen LogP contribution in [0.5, 0.6) is 0 Å². The molecular weight excluding hydrogens is 112 g/mol. The summed E-state index contributed by atoms with van der Waals surface area (Å²) in [4.78, 5) is 0. The molecule has 1 atom stereocenters. The van der Waals surface area contributed by atoms with Gasteiger partial charge in [0, 0.05) is 0 Å². The van der Waals surface area contributed by atoms with Gasteiger partial charge < -0.3 is 5.11 Å². The monoisotopic (exact) mass is 128 g/mol. The third-order valence-electron chi connectivity index (χ3n) is 1.26. The molecule has 0 aliphatic rings. The molecule has 0 saturated heterocycles. The van der Waals surface area contributed by atoms with Gasteiger partial charge >= 0.3 is 0 Å². The summed E-state index contributed by atoms with van der Waals surface area (Å²) in [6, 6.07) is 0. The molecule has 1 nitrogen and oxygen atoms in total. The smallest absolute Gasteiger partial charge is 0.0747 e. The van der Waals surface area contributed by atoms with E-state index in [2.05, 4.69) is 20.4 Å². The van der Waals surface area contributed by atoms with E-state index in [1.165, 1.54) is 0 Å². The van der Waals surface area contributed by atoms with Gasteiger partial charge in [0.25, 0.3) is 0 Å². The molecule has 0 aliphatic heterocycles. The largest absolute Gasteiger partial charge is 0.389 e. The van der Waals surface area contributed by atoms with E-state index in [1.807, 2.05) is 6.92 Å². The maximum atomic E-state index is 9.20. The Bertz CT molecular complexity index is 94.7. The van der Waals surface area contributed by atoms with Crippen molar-refractivity contribution in [3.05, 3.63) is 12.2 Å². The molecule has 1 heteroatoms. The van der Waals surface area contributed by atoms with Crippen LogP contribution >= 0.6 is 0 Å². The molecule has 0 aliphatic carbocycles. The van der Waals surface area contributed by atoms with Gasteiger partial charge in [-0.25, -0.2) is 0 Å². The highest BCUT2D eigenvalue weighted by atomic mass is 16.3. The molecule has 0 aromatic rings. The SMILES string of the molecule is C=C(C)[C@H](O)CC(C)C. The van der Waals surface area contributed by atoms with Crippen LogP contribution in [0, 0.1) is 5.92 Å². The number of hydrogen-bond donors (Lipinski definition) is 1. The summed E-state index contributed by atoms with van der Waals surface area (Å²) in [5.74, 6) is 0.552. The first-order valence-electron chi connectivity index (χ1n) is 3.37. The van der Waals surface area contributed by atoms with Gasteiger partial charge in [-0.3, -0.25) is 0 Å². The van der Waals surface area contributed by atoms with Gasteiger partial charge in [-0.2, -0.15) is 0 Å². The van der Waals surface area contributed by atoms with Crippen LogP contribution in [0.2, 0.25) is 0 Å². The van der Waals surface area contributed by atoms with Crippen molar-refractivity contribution < 1.29 is 5.11 Å². The Morgan fingerprint density at radius 1 is 1.56 bits per heavy atom. The normalized spacial score (nSPS) is 13.9. The number of aliphatic hydroxyl groups excluding tert-OH is 1. The van der Waals surface area contributed by atoms with Crippen molar-refractivity contribution in [1.82, 2.24) is 0 Å². The highest BCUT2D eigenvalue weighted by Gasteiger charge is 2.05. The van der Waals surface area contributed by atoms with Crippen LogP contribution in [-0.4, -0.2) is 11.2 Å². The van der Waals surface area contributed by atoms with E-state index in [1.54, 1.807) is 0 Å². The maximum Gasteiger partial charge on any atom is 0.0747 e. The van der Waals surface area contributed by atoms with Crippen LogP contribution in [0.1, 0.15) is 27.2 Å². The summed E-state index contributed by atoms with van der Waals surface area (Å²) < 4.78 is 0. The van der Waals surface area contributed by atoms with E-state index in [0.29, 0.717) is 5.92 Å². The first-order chi connectivity index (χ1) is 4.04. The van der Waals surface area contributed by atoms with Crippen LogP contribution in [0.4, 0.5) is 0 Å². The molecule has 54 valence electrons. The van der Waals surface area contributed by atoms with E-state index in [4.69, 9.17) is 0 Å². The molecule has 0 fully saturated rings.